The summed E-state index contributed by atoms with van der Waals surface area (Å²) in [5.41, 5.74) is -0.264. The molecule has 0 aliphatic carbocycles. The molecule has 96 valence electrons. The number of piperidine rings is 1. The molecule has 4 heteroatoms. The van der Waals surface area contributed by atoms with Gasteiger partial charge >= 0.3 is 5.97 Å². The van der Waals surface area contributed by atoms with Gasteiger partial charge in [-0.15, -0.1) is 0 Å². The molecule has 0 aromatic heterocycles. The summed E-state index contributed by atoms with van der Waals surface area (Å²) >= 11 is 0. The number of carbonyl (C=O) groups excluding carboxylic acids is 1. The number of nitrogens with one attached hydrogen (secondary N) is 1. The molecule has 2 heterocycles. The Balaban J connectivity index is 1.66. The van der Waals surface area contributed by atoms with Crippen molar-refractivity contribution in [1.82, 2.24) is 5.32 Å². The lowest BCUT2D eigenvalue weighted by atomic mass is 9.99. The fraction of sp³-hybridized carbons (Fsp3) is 0.500. The van der Waals surface area contributed by atoms with Crippen LogP contribution < -0.4 is 5.32 Å². The molecule has 3 rings (SSSR count). The minimum absolute atomic E-state index is 0.184. The Morgan fingerprint density at radius 1 is 1.39 bits per heavy atom. The molecule has 0 radical (unpaired) electrons. The Kier molecular flexibility index (Phi) is 2.84. The van der Waals surface area contributed by atoms with Crippen LogP contribution in [0.2, 0.25) is 0 Å². The average molecular weight is 247 g/mol. The van der Waals surface area contributed by atoms with Crippen LogP contribution >= 0.6 is 0 Å². The zero-order valence-electron chi connectivity index (χ0n) is 10.1. The highest BCUT2D eigenvalue weighted by atomic mass is 16.5. The summed E-state index contributed by atoms with van der Waals surface area (Å²) in [6.45, 7) is 0. The lowest BCUT2D eigenvalue weighted by Gasteiger charge is -2.34. The molecule has 1 aromatic rings. The Morgan fingerprint density at radius 3 is 2.89 bits per heavy atom. The van der Waals surface area contributed by atoms with E-state index in [4.69, 9.17) is 4.74 Å². The monoisotopic (exact) mass is 247 g/mol. The van der Waals surface area contributed by atoms with Gasteiger partial charge < -0.3 is 9.84 Å². The van der Waals surface area contributed by atoms with Crippen LogP contribution in [0.15, 0.2) is 30.3 Å². The second-order valence-corrected chi connectivity index (χ2v) is 5.24. The fourth-order valence-electron chi connectivity index (χ4n) is 2.94. The first-order chi connectivity index (χ1) is 8.65. The molecule has 0 unspecified atom stereocenters. The number of fused-ring (bicyclic) bond motifs is 2. The van der Waals surface area contributed by atoms with E-state index < -0.39 is 5.72 Å². The molecule has 18 heavy (non-hydrogen) atoms. The van der Waals surface area contributed by atoms with Crippen LogP contribution in [0.5, 0.6) is 0 Å². The van der Waals surface area contributed by atoms with E-state index in [1.807, 2.05) is 18.2 Å². The normalized spacial score (nSPS) is 34.3. The molecule has 0 saturated carbocycles. The van der Waals surface area contributed by atoms with Crippen molar-refractivity contribution in [3.8, 4) is 0 Å². The third-order valence-corrected chi connectivity index (χ3v) is 3.78. The number of ether oxygens (including phenoxy) is 1. The predicted molar refractivity (Wildman–Crippen MR) is 66.0 cm³/mol. The van der Waals surface area contributed by atoms with Crippen molar-refractivity contribution < 1.29 is 14.6 Å². The molecular weight excluding hydrogens is 230 g/mol. The van der Waals surface area contributed by atoms with Gasteiger partial charge in [0.25, 0.3) is 0 Å². The summed E-state index contributed by atoms with van der Waals surface area (Å²) < 4.78 is 5.48. The Morgan fingerprint density at radius 2 is 2.17 bits per heavy atom. The van der Waals surface area contributed by atoms with E-state index >= 15 is 0 Å². The van der Waals surface area contributed by atoms with Gasteiger partial charge in [-0.2, -0.15) is 0 Å². The van der Waals surface area contributed by atoms with Gasteiger partial charge in [-0.25, -0.2) is 4.79 Å². The van der Waals surface area contributed by atoms with Crippen molar-refractivity contribution >= 4 is 5.97 Å². The van der Waals surface area contributed by atoms with Gasteiger partial charge in [0.2, 0.25) is 0 Å². The standard InChI is InChI=1S/C14H17NO3/c16-13(10-4-2-1-3-5-10)18-12-8-11-6-7-14(17,9-12)15-11/h1-5,11-12,15,17H,6-9H2/t11-,12-,14-/m1/s1. The lowest BCUT2D eigenvalue weighted by molar-refractivity contribution is -0.0584. The summed E-state index contributed by atoms with van der Waals surface area (Å²) in [5, 5.41) is 13.3. The first-order valence-electron chi connectivity index (χ1n) is 6.41. The topological polar surface area (TPSA) is 58.6 Å². The third kappa shape index (κ3) is 2.26. The van der Waals surface area contributed by atoms with Crippen molar-refractivity contribution in [3.05, 3.63) is 35.9 Å². The van der Waals surface area contributed by atoms with Crippen molar-refractivity contribution in [1.29, 1.82) is 0 Å². The van der Waals surface area contributed by atoms with Crippen LogP contribution in [0.3, 0.4) is 0 Å². The number of benzene rings is 1. The second kappa shape index (κ2) is 4.37. The van der Waals surface area contributed by atoms with Gasteiger partial charge in [0, 0.05) is 12.5 Å². The van der Waals surface area contributed by atoms with Crippen molar-refractivity contribution in [2.24, 2.45) is 0 Å². The summed E-state index contributed by atoms with van der Waals surface area (Å²) in [5.74, 6) is -0.300. The molecule has 2 bridgehead atoms. The molecule has 2 fully saturated rings. The minimum atomic E-state index is -0.829. The smallest absolute Gasteiger partial charge is 0.338 e. The van der Waals surface area contributed by atoms with E-state index in [-0.39, 0.29) is 18.1 Å². The number of hydrogen-bond donors (Lipinski definition) is 2. The molecule has 3 atom stereocenters. The fourth-order valence-corrected chi connectivity index (χ4v) is 2.94. The zero-order valence-corrected chi connectivity index (χ0v) is 10.1. The van der Waals surface area contributed by atoms with E-state index in [2.05, 4.69) is 5.32 Å². The second-order valence-electron chi connectivity index (χ2n) is 5.24. The molecule has 0 amide bonds. The van der Waals surface area contributed by atoms with E-state index in [1.165, 1.54) is 0 Å². The lowest BCUT2D eigenvalue weighted by Crippen LogP contribution is -2.51. The summed E-state index contributed by atoms with van der Waals surface area (Å²) in [6.07, 6.45) is 2.80. The maximum Gasteiger partial charge on any atom is 0.338 e. The minimum Gasteiger partial charge on any atom is -0.459 e. The van der Waals surface area contributed by atoms with Crippen LogP contribution in [-0.4, -0.2) is 28.9 Å². The van der Waals surface area contributed by atoms with Gasteiger partial charge in [0.15, 0.2) is 0 Å². The number of aliphatic hydroxyl groups is 1. The highest BCUT2D eigenvalue weighted by Crippen LogP contribution is 2.35. The first-order valence-corrected chi connectivity index (χ1v) is 6.41. The SMILES string of the molecule is O=C(O[C@@H]1C[C@H]2CC[C@@](O)(C1)N2)c1ccccc1. The summed E-state index contributed by atoms with van der Waals surface area (Å²) in [6, 6.07) is 9.26. The molecule has 1 aromatic carbocycles. The number of hydrogen-bond acceptors (Lipinski definition) is 4. The van der Waals surface area contributed by atoms with Gasteiger partial charge in [-0.3, -0.25) is 5.32 Å². The third-order valence-electron chi connectivity index (χ3n) is 3.78. The van der Waals surface area contributed by atoms with Crippen molar-refractivity contribution in [2.75, 3.05) is 0 Å². The molecule has 0 spiro atoms. The zero-order chi connectivity index (χ0) is 12.6. The average Bonchev–Trinajstić information content (AvgIpc) is 2.64. The first kappa shape index (κ1) is 11.7. The quantitative estimate of drug-likeness (QED) is 0.777. The highest BCUT2D eigenvalue weighted by molar-refractivity contribution is 5.89. The Labute approximate surface area is 106 Å². The van der Waals surface area contributed by atoms with Gasteiger partial charge in [-0.05, 0) is 31.4 Å². The maximum atomic E-state index is 11.9. The number of carbonyl (C=O) groups is 1. The van der Waals surface area contributed by atoms with Crippen LogP contribution in [-0.2, 0) is 4.74 Å². The van der Waals surface area contributed by atoms with Gasteiger partial charge in [0.05, 0.1) is 5.56 Å². The van der Waals surface area contributed by atoms with E-state index in [1.54, 1.807) is 12.1 Å². The van der Waals surface area contributed by atoms with Crippen LogP contribution in [0, 0.1) is 0 Å². The van der Waals surface area contributed by atoms with E-state index in [9.17, 15) is 9.90 Å². The predicted octanol–water partition coefficient (Wildman–Crippen LogP) is 1.45. The van der Waals surface area contributed by atoms with Crippen LogP contribution in [0.4, 0.5) is 0 Å². The molecule has 4 nitrogen and oxygen atoms in total. The Hall–Kier alpha value is -1.39. The molecular formula is C14H17NO3. The van der Waals surface area contributed by atoms with E-state index in [0.29, 0.717) is 12.0 Å². The van der Waals surface area contributed by atoms with Crippen molar-refractivity contribution in [3.63, 3.8) is 0 Å². The number of rotatable bonds is 2. The Bertz CT molecular complexity index is 448. The van der Waals surface area contributed by atoms with E-state index in [0.717, 1.165) is 19.3 Å². The van der Waals surface area contributed by atoms with Gasteiger partial charge in [0.1, 0.15) is 11.8 Å². The van der Waals surface area contributed by atoms with Crippen LogP contribution in [0.25, 0.3) is 0 Å². The molecule has 2 aliphatic rings. The molecule has 2 aliphatic heterocycles. The van der Waals surface area contributed by atoms with Crippen LogP contribution in [0.1, 0.15) is 36.0 Å². The molecule has 2 N–H and O–H groups in total. The van der Waals surface area contributed by atoms with Crippen molar-refractivity contribution in [2.45, 2.75) is 43.6 Å². The molecule has 2 saturated heterocycles. The summed E-state index contributed by atoms with van der Waals surface area (Å²) in [7, 11) is 0. The highest BCUT2D eigenvalue weighted by Gasteiger charge is 2.45. The largest absolute Gasteiger partial charge is 0.459 e. The number of esters is 1. The summed E-state index contributed by atoms with van der Waals surface area (Å²) in [4.78, 5) is 11.9. The maximum absolute atomic E-state index is 11.9. The van der Waals surface area contributed by atoms with Gasteiger partial charge in [-0.1, -0.05) is 18.2 Å².